The Hall–Kier alpha value is -0.990. The van der Waals surface area contributed by atoms with Gasteiger partial charge < -0.3 is 4.42 Å². The van der Waals surface area contributed by atoms with Crippen LogP contribution in [0, 0.1) is 0 Å². The zero-order valence-corrected chi connectivity index (χ0v) is 8.01. The van der Waals surface area contributed by atoms with Crippen LogP contribution in [-0.2, 0) is 0 Å². The van der Waals surface area contributed by atoms with E-state index in [1.807, 2.05) is 12.1 Å². The van der Waals surface area contributed by atoms with Gasteiger partial charge in [-0.05, 0) is 12.1 Å². The first kappa shape index (κ1) is 8.60. The Morgan fingerprint density at radius 1 is 1.23 bits per heavy atom. The fraction of sp³-hybridized carbons (Fsp3) is 0. The fourth-order valence-corrected chi connectivity index (χ4v) is 1.44. The molecule has 2 aromatic rings. The lowest BCUT2D eigenvalue weighted by Gasteiger charge is -2.00. The van der Waals surface area contributed by atoms with Gasteiger partial charge in [0.1, 0.15) is 0 Å². The monoisotopic (exact) mass is 213 g/mol. The smallest absolute Gasteiger partial charge is 0.181 e. The Labute approximate surface area is 85.1 Å². The topological polar surface area (TPSA) is 26.0 Å². The van der Waals surface area contributed by atoms with Gasteiger partial charge in [-0.2, -0.15) is 0 Å². The van der Waals surface area contributed by atoms with E-state index in [1.54, 1.807) is 12.3 Å². The van der Waals surface area contributed by atoms with Gasteiger partial charge in [0.15, 0.2) is 12.2 Å². The van der Waals surface area contributed by atoms with Crippen molar-refractivity contribution in [2.24, 2.45) is 0 Å². The molecule has 13 heavy (non-hydrogen) atoms. The molecule has 1 heterocycles. The highest BCUT2D eigenvalue weighted by Crippen LogP contribution is 2.32. The largest absolute Gasteiger partial charge is 0.443 e. The fourth-order valence-electron chi connectivity index (χ4n) is 1.04. The van der Waals surface area contributed by atoms with Gasteiger partial charge in [0.25, 0.3) is 0 Å². The number of oxazole rings is 1. The molecule has 0 aliphatic heterocycles. The number of hydrogen-bond donors (Lipinski definition) is 0. The van der Waals surface area contributed by atoms with Gasteiger partial charge >= 0.3 is 0 Å². The van der Waals surface area contributed by atoms with Crippen LogP contribution in [0.1, 0.15) is 0 Å². The van der Waals surface area contributed by atoms with Crippen LogP contribution in [0.4, 0.5) is 0 Å². The number of aromatic nitrogens is 1. The first-order chi connectivity index (χ1) is 6.29. The second-order valence-electron chi connectivity index (χ2n) is 2.47. The molecule has 0 saturated carbocycles. The maximum absolute atomic E-state index is 5.96. The van der Waals surface area contributed by atoms with E-state index in [9.17, 15) is 0 Å². The van der Waals surface area contributed by atoms with Gasteiger partial charge in [0.2, 0.25) is 0 Å². The van der Waals surface area contributed by atoms with Crippen molar-refractivity contribution in [3.63, 3.8) is 0 Å². The van der Waals surface area contributed by atoms with Gasteiger partial charge in [0.05, 0.1) is 16.2 Å². The minimum atomic E-state index is 0.487. The summed E-state index contributed by atoms with van der Waals surface area (Å²) in [6, 6.07) is 5.37. The maximum atomic E-state index is 5.96. The van der Waals surface area contributed by atoms with Crippen molar-refractivity contribution in [2.45, 2.75) is 0 Å². The third kappa shape index (κ3) is 1.55. The lowest BCUT2D eigenvalue weighted by Crippen LogP contribution is -1.76. The molecule has 2 nitrogen and oxygen atoms in total. The van der Waals surface area contributed by atoms with Crippen LogP contribution >= 0.6 is 23.2 Å². The third-order valence-electron chi connectivity index (χ3n) is 1.65. The minimum absolute atomic E-state index is 0.487. The highest BCUT2D eigenvalue weighted by Gasteiger charge is 2.08. The highest BCUT2D eigenvalue weighted by atomic mass is 35.5. The van der Waals surface area contributed by atoms with Gasteiger partial charge in [-0.15, -0.1) is 0 Å². The summed E-state index contributed by atoms with van der Waals surface area (Å²) in [4.78, 5) is 3.80. The van der Waals surface area contributed by atoms with Crippen molar-refractivity contribution in [3.05, 3.63) is 40.8 Å². The van der Waals surface area contributed by atoms with Crippen LogP contribution in [0.15, 0.2) is 35.2 Å². The van der Waals surface area contributed by atoms with Gasteiger partial charge in [0, 0.05) is 5.56 Å². The average Bonchev–Trinajstić information content (AvgIpc) is 2.62. The van der Waals surface area contributed by atoms with Crippen LogP contribution < -0.4 is 0 Å². The van der Waals surface area contributed by atoms with E-state index in [1.165, 1.54) is 6.39 Å². The molecule has 1 aromatic heterocycles. The van der Waals surface area contributed by atoms with E-state index < -0.39 is 0 Å². The number of rotatable bonds is 1. The summed E-state index contributed by atoms with van der Waals surface area (Å²) < 4.78 is 5.10. The Bertz CT molecular complexity index is 412. The van der Waals surface area contributed by atoms with E-state index in [0.29, 0.717) is 15.8 Å². The summed E-state index contributed by atoms with van der Waals surface area (Å²) in [6.45, 7) is 0. The standard InChI is InChI=1S/C9H5Cl2NO/c10-7-3-1-2-6(9(7)11)8-4-12-5-13-8/h1-5H. The van der Waals surface area contributed by atoms with Crippen molar-refractivity contribution in [1.29, 1.82) is 0 Å². The van der Waals surface area contributed by atoms with Crippen LogP contribution in [0.3, 0.4) is 0 Å². The average molecular weight is 214 g/mol. The molecule has 0 radical (unpaired) electrons. The van der Waals surface area contributed by atoms with Crippen LogP contribution in [0.25, 0.3) is 11.3 Å². The quantitative estimate of drug-likeness (QED) is 0.723. The van der Waals surface area contributed by atoms with E-state index in [2.05, 4.69) is 4.98 Å². The van der Waals surface area contributed by atoms with Crippen molar-refractivity contribution in [3.8, 4) is 11.3 Å². The van der Waals surface area contributed by atoms with Crippen LogP contribution in [-0.4, -0.2) is 4.98 Å². The molecule has 0 N–H and O–H groups in total. The number of nitrogens with zero attached hydrogens (tertiary/aromatic N) is 1. The van der Waals surface area contributed by atoms with E-state index >= 15 is 0 Å². The van der Waals surface area contributed by atoms with E-state index in [4.69, 9.17) is 27.6 Å². The predicted octanol–water partition coefficient (Wildman–Crippen LogP) is 3.65. The first-order valence-electron chi connectivity index (χ1n) is 3.62. The van der Waals surface area contributed by atoms with Crippen molar-refractivity contribution < 1.29 is 4.42 Å². The van der Waals surface area contributed by atoms with E-state index in [-0.39, 0.29) is 0 Å². The van der Waals surface area contributed by atoms with E-state index in [0.717, 1.165) is 5.56 Å². The third-order valence-corrected chi connectivity index (χ3v) is 2.47. The Balaban J connectivity index is 2.59. The van der Waals surface area contributed by atoms with Gasteiger partial charge in [-0.25, -0.2) is 4.98 Å². The summed E-state index contributed by atoms with van der Waals surface area (Å²) >= 11 is 11.8. The summed E-state index contributed by atoms with van der Waals surface area (Å²) in [6.07, 6.45) is 2.95. The molecular formula is C9H5Cl2NO. The number of hydrogen-bond acceptors (Lipinski definition) is 2. The zero-order valence-electron chi connectivity index (χ0n) is 6.50. The van der Waals surface area contributed by atoms with Gasteiger partial charge in [-0.1, -0.05) is 29.3 Å². The molecule has 0 aliphatic carbocycles. The predicted molar refractivity (Wildman–Crippen MR) is 52.0 cm³/mol. The molecular weight excluding hydrogens is 209 g/mol. The lowest BCUT2D eigenvalue weighted by molar-refractivity contribution is 0.572. The second kappa shape index (κ2) is 3.40. The molecule has 0 saturated heterocycles. The molecule has 0 aliphatic rings. The molecule has 2 rings (SSSR count). The molecule has 0 amide bonds. The number of halogens is 2. The Kier molecular flexibility index (Phi) is 2.25. The van der Waals surface area contributed by atoms with Crippen molar-refractivity contribution >= 4 is 23.2 Å². The molecule has 1 aromatic carbocycles. The first-order valence-corrected chi connectivity index (χ1v) is 4.37. The molecule has 0 unspecified atom stereocenters. The summed E-state index contributed by atoms with van der Waals surface area (Å²) in [7, 11) is 0. The summed E-state index contributed by atoms with van der Waals surface area (Å²) in [5.74, 6) is 0.618. The van der Waals surface area contributed by atoms with Crippen molar-refractivity contribution in [1.82, 2.24) is 4.98 Å². The molecule has 0 bridgehead atoms. The highest BCUT2D eigenvalue weighted by molar-refractivity contribution is 6.43. The summed E-state index contributed by atoms with van der Waals surface area (Å²) in [5, 5.41) is 0.997. The lowest BCUT2D eigenvalue weighted by atomic mass is 10.2. The van der Waals surface area contributed by atoms with Gasteiger partial charge in [-0.3, -0.25) is 0 Å². The Morgan fingerprint density at radius 3 is 2.77 bits per heavy atom. The Morgan fingerprint density at radius 2 is 2.08 bits per heavy atom. The second-order valence-corrected chi connectivity index (χ2v) is 3.25. The zero-order chi connectivity index (χ0) is 9.26. The normalized spacial score (nSPS) is 10.3. The number of benzene rings is 1. The molecule has 0 atom stereocenters. The molecule has 66 valence electrons. The molecule has 0 fully saturated rings. The minimum Gasteiger partial charge on any atom is -0.443 e. The summed E-state index contributed by atoms with van der Waals surface area (Å²) in [5.41, 5.74) is 0.756. The maximum Gasteiger partial charge on any atom is 0.181 e. The van der Waals surface area contributed by atoms with Crippen molar-refractivity contribution in [2.75, 3.05) is 0 Å². The van der Waals surface area contributed by atoms with Crippen LogP contribution in [0.5, 0.6) is 0 Å². The SMILES string of the molecule is Clc1cccc(-c2cnco2)c1Cl. The molecule has 0 spiro atoms. The van der Waals surface area contributed by atoms with Crippen LogP contribution in [0.2, 0.25) is 10.0 Å². The molecule has 4 heteroatoms.